The van der Waals surface area contributed by atoms with Crippen molar-refractivity contribution in [2.75, 3.05) is 12.3 Å². The Kier molecular flexibility index (Phi) is 5.59. The SMILES string of the molecule is Cc1nnc(SCC(=O)N2CCCC2c2cccs2)n1Cc1ccccc1. The molecular weight excluding hydrogens is 376 g/mol. The zero-order valence-corrected chi connectivity index (χ0v) is 16.9. The maximum Gasteiger partial charge on any atom is 0.233 e. The lowest BCUT2D eigenvalue weighted by Crippen LogP contribution is -2.31. The number of amides is 1. The van der Waals surface area contributed by atoms with E-state index in [0.717, 1.165) is 36.9 Å². The zero-order chi connectivity index (χ0) is 18.6. The van der Waals surface area contributed by atoms with Crippen LogP contribution >= 0.6 is 23.1 Å². The topological polar surface area (TPSA) is 51.0 Å². The van der Waals surface area contributed by atoms with Gasteiger partial charge in [-0.25, -0.2) is 0 Å². The van der Waals surface area contributed by atoms with Gasteiger partial charge in [-0.1, -0.05) is 48.2 Å². The van der Waals surface area contributed by atoms with E-state index < -0.39 is 0 Å². The van der Waals surface area contributed by atoms with Crippen molar-refractivity contribution in [3.05, 3.63) is 64.1 Å². The maximum atomic E-state index is 12.9. The molecule has 140 valence electrons. The van der Waals surface area contributed by atoms with Crippen LogP contribution in [0.25, 0.3) is 0 Å². The number of aryl methyl sites for hydroxylation is 1. The van der Waals surface area contributed by atoms with Crippen molar-refractivity contribution in [1.82, 2.24) is 19.7 Å². The summed E-state index contributed by atoms with van der Waals surface area (Å²) in [6.45, 7) is 3.52. The number of aromatic nitrogens is 3. The fraction of sp³-hybridized carbons (Fsp3) is 0.350. The third-order valence-electron chi connectivity index (χ3n) is 4.85. The molecule has 0 aliphatic carbocycles. The van der Waals surface area contributed by atoms with Crippen LogP contribution < -0.4 is 0 Å². The van der Waals surface area contributed by atoms with Crippen LogP contribution in [-0.4, -0.2) is 37.9 Å². The standard InChI is InChI=1S/C20H22N4OS2/c1-15-21-22-20(24(15)13-16-7-3-2-4-8-16)27-14-19(25)23-11-5-9-17(23)18-10-6-12-26-18/h2-4,6-8,10,12,17H,5,9,11,13-14H2,1H3. The fourth-order valence-corrected chi connectivity index (χ4v) is 5.21. The molecule has 3 aromatic rings. The highest BCUT2D eigenvalue weighted by molar-refractivity contribution is 7.99. The Bertz CT molecular complexity index is 892. The highest BCUT2D eigenvalue weighted by atomic mass is 32.2. The Morgan fingerprint density at radius 3 is 2.85 bits per heavy atom. The van der Waals surface area contributed by atoms with Gasteiger partial charge in [-0.2, -0.15) is 0 Å². The van der Waals surface area contributed by atoms with Crippen LogP contribution in [0.15, 0.2) is 53.0 Å². The van der Waals surface area contributed by atoms with E-state index in [1.165, 1.54) is 22.2 Å². The Balaban J connectivity index is 1.42. The zero-order valence-electron chi connectivity index (χ0n) is 15.2. The van der Waals surface area contributed by atoms with Gasteiger partial charge < -0.3 is 9.47 Å². The average Bonchev–Trinajstić information content (AvgIpc) is 3.43. The predicted molar refractivity (Wildman–Crippen MR) is 109 cm³/mol. The number of thioether (sulfide) groups is 1. The summed E-state index contributed by atoms with van der Waals surface area (Å²) in [7, 11) is 0. The van der Waals surface area contributed by atoms with E-state index in [4.69, 9.17) is 0 Å². The quantitative estimate of drug-likeness (QED) is 0.585. The summed E-state index contributed by atoms with van der Waals surface area (Å²) in [6, 6.07) is 14.7. The minimum Gasteiger partial charge on any atom is -0.334 e. The molecule has 1 amide bonds. The molecule has 2 aromatic heterocycles. The van der Waals surface area contributed by atoms with Crippen LogP contribution in [0.4, 0.5) is 0 Å². The summed E-state index contributed by atoms with van der Waals surface area (Å²) in [5, 5.41) is 11.4. The molecule has 0 N–H and O–H groups in total. The first kappa shape index (κ1) is 18.3. The largest absolute Gasteiger partial charge is 0.334 e. The molecule has 5 nitrogen and oxygen atoms in total. The van der Waals surface area contributed by atoms with E-state index in [2.05, 4.69) is 44.4 Å². The Morgan fingerprint density at radius 2 is 2.07 bits per heavy atom. The van der Waals surface area contributed by atoms with Crippen molar-refractivity contribution in [2.45, 2.75) is 37.5 Å². The molecule has 3 heterocycles. The molecule has 0 spiro atoms. The summed E-state index contributed by atoms with van der Waals surface area (Å²) in [5.41, 5.74) is 1.20. The van der Waals surface area contributed by atoms with E-state index in [1.54, 1.807) is 11.3 Å². The van der Waals surface area contributed by atoms with Crippen LogP contribution in [-0.2, 0) is 11.3 Å². The lowest BCUT2D eigenvalue weighted by Gasteiger charge is -2.23. The molecule has 1 aliphatic heterocycles. The smallest absolute Gasteiger partial charge is 0.233 e. The predicted octanol–water partition coefficient (Wildman–Crippen LogP) is 4.15. The lowest BCUT2D eigenvalue weighted by atomic mass is 10.2. The number of hydrogen-bond acceptors (Lipinski definition) is 5. The van der Waals surface area contributed by atoms with Crippen LogP contribution in [0.3, 0.4) is 0 Å². The van der Waals surface area contributed by atoms with Crippen molar-refractivity contribution < 1.29 is 4.79 Å². The van der Waals surface area contributed by atoms with E-state index in [9.17, 15) is 4.79 Å². The summed E-state index contributed by atoms with van der Waals surface area (Å²) < 4.78 is 2.08. The minimum atomic E-state index is 0.183. The molecular formula is C20H22N4OS2. The molecule has 1 aromatic carbocycles. The van der Waals surface area contributed by atoms with E-state index >= 15 is 0 Å². The Hall–Kier alpha value is -2.12. The number of thiophene rings is 1. The van der Waals surface area contributed by atoms with Gasteiger partial charge in [0.1, 0.15) is 5.82 Å². The molecule has 1 atom stereocenters. The molecule has 1 fully saturated rings. The summed E-state index contributed by atoms with van der Waals surface area (Å²) >= 11 is 3.22. The van der Waals surface area contributed by atoms with E-state index in [-0.39, 0.29) is 11.9 Å². The maximum absolute atomic E-state index is 12.9. The van der Waals surface area contributed by atoms with Gasteiger partial charge in [0.05, 0.1) is 18.3 Å². The summed E-state index contributed by atoms with van der Waals surface area (Å²) in [5.74, 6) is 1.45. The van der Waals surface area contributed by atoms with Crippen molar-refractivity contribution >= 4 is 29.0 Å². The third kappa shape index (κ3) is 4.09. The average molecular weight is 399 g/mol. The molecule has 4 rings (SSSR count). The van der Waals surface area contributed by atoms with Crippen LogP contribution in [0.5, 0.6) is 0 Å². The van der Waals surface area contributed by atoms with Crippen LogP contribution in [0.1, 0.15) is 35.1 Å². The van der Waals surface area contributed by atoms with E-state index in [1.807, 2.05) is 30.0 Å². The molecule has 0 radical (unpaired) electrons. The lowest BCUT2D eigenvalue weighted by molar-refractivity contribution is -0.129. The number of rotatable bonds is 6. The Labute approximate surface area is 167 Å². The minimum absolute atomic E-state index is 0.183. The molecule has 1 aliphatic rings. The van der Waals surface area contributed by atoms with Crippen molar-refractivity contribution in [1.29, 1.82) is 0 Å². The molecule has 0 saturated carbocycles. The first-order valence-corrected chi connectivity index (χ1v) is 11.0. The van der Waals surface area contributed by atoms with Gasteiger partial charge >= 0.3 is 0 Å². The fourth-order valence-electron chi connectivity index (χ4n) is 3.47. The summed E-state index contributed by atoms with van der Waals surface area (Å²) in [4.78, 5) is 16.2. The number of hydrogen-bond donors (Lipinski definition) is 0. The van der Waals surface area contributed by atoms with Gasteiger partial charge in [-0.05, 0) is 36.8 Å². The molecule has 7 heteroatoms. The molecule has 1 saturated heterocycles. The normalized spacial score (nSPS) is 16.8. The second-order valence-corrected chi connectivity index (χ2v) is 8.57. The highest BCUT2D eigenvalue weighted by Gasteiger charge is 2.30. The third-order valence-corrected chi connectivity index (χ3v) is 6.78. The number of carbonyl (C=O) groups excluding carboxylic acids is 1. The van der Waals surface area contributed by atoms with Crippen molar-refractivity contribution in [3.8, 4) is 0 Å². The van der Waals surface area contributed by atoms with Gasteiger partial charge in [0.15, 0.2) is 5.16 Å². The summed E-state index contributed by atoms with van der Waals surface area (Å²) in [6.07, 6.45) is 2.13. The first-order chi connectivity index (χ1) is 13.2. The number of nitrogens with zero attached hydrogens (tertiary/aromatic N) is 4. The number of carbonyl (C=O) groups is 1. The number of benzene rings is 1. The van der Waals surface area contributed by atoms with Crippen LogP contribution in [0.2, 0.25) is 0 Å². The van der Waals surface area contributed by atoms with Crippen molar-refractivity contribution in [2.24, 2.45) is 0 Å². The van der Waals surface area contributed by atoms with Gasteiger partial charge in [0, 0.05) is 11.4 Å². The van der Waals surface area contributed by atoms with E-state index in [0.29, 0.717) is 5.75 Å². The second kappa shape index (κ2) is 8.27. The number of likely N-dealkylation sites (tertiary alicyclic amines) is 1. The Morgan fingerprint density at radius 1 is 1.22 bits per heavy atom. The second-order valence-electron chi connectivity index (χ2n) is 6.65. The van der Waals surface area contributed by atoms with Gasteiger partial charge in [0.25, 0.3) is 0 Å². The monoisotopic (exact) mass is 398 g/mol. The van der Waals surface area contributed by atoms with Crippen molar-refractivity contribution in [3.63, 3.8) is 0 Å². The molecule has 27 heavy (non-hydrogen) atoms. The van der Waals surface area contributed by atoms with Crippen LogP contribution in [0, 0.1) is 6.92 Å². The molecule has 1 unspecified atom stereocenters. The van der Waals surface area contributed by atoms with Gasteiger partial charge in [-0.15, -0.1) is 21.5 Å². The van der Waals surface area contributed by atoms with Gasteiger partial charge in [-0.3, -0.25) is 4.79 Å². The molecule has 0 bridgehead atoms. The highest BCUT2D eigenvalue weighted by Crippen LogP contribution is 2.35. The van der Waals surface area contributed by atoms with Gasteiger partial charge in [0.2, 0.25) is 5.91 Å². The first-order valence-electron chi connectivity index (χ1n) is 9.12.